The molecular formula is C14H19FN2O. The van der Waals surface area contributed by atoms with E-state index in [1.54, 1.807) is 12.3 Å². The third-order valence-corrected chi connectivity index (χ3v) is 3.68. The Bertz CT molecular complexity index is 414. The molecular weight excluding hydrogens is 231 g/mol. The molecule has 2 aliphatic rings. The van der Waals surface area contributed by atoms with Gasteiger partial charge in [-0.15, -0.1) is 0 Å². The Morgan fingerprint density at radius 1 is 1.28 bits per heavy atom. The van der Waals surface area contributed by atoms with Gasteiger partial charge in [0.1, 0.15) is 6.10 Å². The number of nitrogens with one attached hydrogen (secondary N) is 1. The first-order chi connectivity index (χ1) is 8.83. The first-order valence-electron chi connectivity index (χ1n) is 6.86. The van der Waals surface area contributed by atoms with Crippen LogP contribution in [0.5, 0.6) is 5.88 Å². The van der Waals surface area contributed by atoms with Gasteiger partial charge in [0.25, 0.3) is 5.88 Å². The first kappa shape index (κ1) is 11.9. The normalized spacial score (nSPS) is 20.3. The molecule has 2 aliphatic carbocycles. The van der Waals surface area contributed by atoms with Gasteiger partial charge in [-0.1, -0.05) is 0 Å². The van der Waals surface area contributed by atoms with Crippen molar-refractivity contribution in [2.24, 2.45) is 0 Å². The second-order valence-electron chi connectivity index (χ2n) is 5.27. The predicted molar refractivity (Wildman–Crippen MR) is 66.9 cm³/mol. The Balaban J connectivity index is 1.66. The van der Waals surface area contributed by atoms with Crippen LogP contribution in [-0.2, 0) is 6.54 Å². The Hall–Kier alpha value is -1.16. The summed E-state index contributed by atoms with van der Waals surface area (Å²) >= 11 is 0. The van der Waals surface area contributed by atoms with Crippen LogP contribution < -0.4 is 10.1 Å². The molecule has 3 rings (SSSR count). The Labute approximate surface area is 107 Å². The van der Waals surface area contributed by atoms with Crippen LogP contribution in [-0.4, -0.2) is 17.1 Å². The summed E-state index contributed by atoms with van der Waals surface area (Å²) in [4.78, 5) is 4.02. The van der Waals surface area contributed by atoms with Gasteiger partial charge < -0.3 is 10.1 Å². The summed E-state index contributed by atoms with van der Waals surface area (Å²) in [7, 11) is 0. The molecule has 0 saturated heterocycles. The van der Waals surface area contributed by atoms with E-state index in [1.165, 1.54) is 25.7 Å². The van der Waals surface area contributed by atoms with Crippen molar-refractivity contribution in [2.45, 2.75) is 57.2 Å². The van der Waals surface area contributed by atoms with Crippen molar-refractivity contribution >= 4 is 0 Å². The molecule has 18 heavy (non-hydrogen) atoms. The van der Waals surface area contributed by atoms with E-state index in [9.17, 15) is 4.39 Å². The van der Waals surface area contributed by atoms with Crippen LogP contribution in [0.1, 0.15) is 44.1 Å². The topological polar surface area (TPSA) is 34.2 Å². The Morgan fingerprint density at radius 3 is 2.78 bits per heavy atom. The molecule has 3 nitrogen and oxygen atoms in total. The minimum atomic E-state index is -0.294. The number of rotatable bonds is 5. The SMILES string of the molecule is Fc1c(CNC2CC2)ccnc1OC1CCCC1. The molecule has 0 unspecified atom stereocenters. The molecule has 0 radical (unpaired) electrons. The maximum absolute atomic E-state index is 14.2. The van der Waals surface area contributed by atoms with Gasteiger partial charge in [-0.25, -0.2) is 9.37 Å². The molecule has 2 fully saturated rings. The summed E-state index contributed by atoms with van der Waals surface area (Å²) in [5.41, 5.74) is 0.657. The highest BCUT2D eigenvalue weighted by Gasteiger charge is 2.22. The van der Waals surface area contributed by atoms with E-state index in [1.807, 2.05) is 0 Å². The number of hydrogen-bond acceptors (Lipinski definition) is 3. The monoisotopic (exact) mass is 250 g/mol. The number of hydrogen-bond donors (Lipinski definition) is 1. The average molecular weight is 250 g/mol. The molecule has 0 aliphatic heterocycles. The zero-order valence-electron chi connectivity index (χ0n) is 10.5. The molecule has 0 bridgehead atoms. The lowest BCUT2D eigenvalue weighted by atomic mass is 10.2. The standard InChI is InChI=1S/C14H19FN2O/c15-13-10(9-17-11-5-6-11)7-8-16-14(13)18-12-3-1-2-4-12/h7-8,11-12,17H,1-6,9H2. The predicted octanol–water partition coefficient (Wildman–Crippen LogP) is 2.79. The van der Waals surface area contributed by atoms with Crippen molar-refractivity contribution in [3.63, 3.8) is 0 Å². The number of nitrogens with zero attached hydrogens (tertiary/aromatic N) is 1. The minimum Gasteiger partial charge on any atom is -0.472 e. The van der Waals surface area contributed by atoms with Gasteiger partial charge in [0, 0.05) is 24.3 Å². The van der Waals surface area contributed by atoms with Gasteiger partial charge in [-0.3, -0.25) is 0 Å². The van der Waals surface area contributed by atoms with Gasteiger partial charge in [-0.05, 0) is 44.6 Å². The molecule has 1 N–H and O–H groups in total. The fraction of sp³-hybridized carbons (Fsp3) is 0.643. The van der Waals surface area contributed by atoms with Crippen molar-refractivity contribution in [2.75, 3.05) is 0 Å². The van der Waals surface area contributed by atoms with E-state index in [0.717, 1.165) is 12.8 Å². The van der Waals surface area contributed by atoms with Crippen LogP contribution in [0.25, 0.3) is 0 Å². The van der Waals surface area contributed by atoms with Gasteiger partial charge in [0.2, 0.25) is 0 Å². The summed E-state index contributed by atoms with van der Waals surface area (Å²) < 4.78 is 19.8. The smallest absolute Gasteiger partial charge is 0.250 e. The highest BCUT2D eigenvalue weighted by Crippen LogP contribution is 2.26. The van der Waals surface area contributed by atoms with E-state index in [2.05, 4.69) is 10.3 Å². The number of aromatic nitrogens is 1. The van der Waals surface area contributed by atoms with Gasteiger partial charge in [-0.2, -0.15) is 0 Å². The third-order valence-electron chi connectivity index (χ3n) is 3.68. The summed E-state index contributed by atoms with van der Waals surface area (Å²) in [6.07, 6.45) is 8.59. The largest absolute Gasteiger partial charge is 0.472 e. The second kappa shape index (κ2) is 5.22. The Kier molecular flexibility index (Phi) is 3.46. The lowest BCUT2D eigenvalue weighted by molar-refractivity contribution is 0.191. The molecule has 0 aromatic carbocycles. The van der Waals surface area contributed by atoms with Crippen LogP contribution in [0.15, 0.2) is 12.3 Å². The fourth-order valence-corrected chi connectivity index (χ4v) is 2.39. The van der Waals surface area contributed by atoms with Gasteiger partial charge in [0.15, 0.2) is 5.82 Å². The molecule has 1 aromatic rings. The number of ether oxygens (including phenoxy) is 1. The number of pyridine rings is 1. The van der Waals surface area contributed by atoms with Crippen LogP contribution in [0, 0.1) is 5.82 Å². The van der Waals surface area contributed by atoms with Crippen molar-refractivity contribution in [1.82, 2.24) is 10.3 Å². The van der Waals surface area contributed by atoms with E-state index >= 15 is 0 Å². The Morgan fingerprint density at radius 2 is 2.06 bits per heavy atom. The molecule has 0 atom stereocenters. The lowest BCUT2D eigenvalue weighted by Crippen LogP contribution is -2.18. The van der Waals surface area contributed by atoms with E-state index in [0.29, 0.717) is 18.2 Å². The van der Waals surface area contributed by atoms with Crippen LogP contribution in [0.3, 0.4) is 0 Å². The summed E-state index contributed by atoms with van der Waals surface area (Å²) in [5.74, 6) is -0.116. The molecule has 2 saturated carbocycles. The second-order valence-corrected chi connectivity index (χ2v) is 5.27. The molecule has 0 amide bonds. The highest BCUT2D eigenvalue weighted by molar-refractivity contribution is 5.24. The van der Waals surface area contributed by atoms with E-state index in [4.69, 9.17) is 4.74 Å². The summed E-state index contributed by atoms with van der Waals surface area (Å²) in [5, 5.41) is 3.31. The quantitative estimate of drug-likeness (QED) is 0.872. The number of halogens is 1. The zero-order chi connectivity index (χ0) is 12.4. The maximum Gasteiger partial charge on any atom is 0.250 e. The van der Waals surface area contributed by atoms with E-state index in [-0.39, 0.29) is 17.8 Å². The maximum atomic E-state index is 14.2. The lowest BCUT2D eigenvalue weighted by Gasteiger charge is -2.14. The van der Waals surface area contributed by atoms with Crippen LogP contribution in [0.2, 0.25) is 0 Å². The first-order valence-corrected chi connectivity index (χ1v) is 6.86. The minimum absolute atomic E-state index is 0.152. The molecule has 98 valence electrons. The van der Waals surface area contributed by atoms with Gasteiger partial charge in [0.05, 0.1) is 0 Å². The van der Waals surface area contributed by atoms with Crippen molar-refractivity contribution in [3.05, 3.63) is 23.6 Å². The molecule has 4 heteroatoms. The van der Waals surface area contributed by atoms with Crippen LogP contribution >= 0.6 is 0 Å². The highest BCUT2D eigenvalue weighted by atomic mass is 19.1. The van der Waals surface area contributed by atoms with Crippen molar-refractivity contribution < 1.29 is 9.13 Å². The van der Waals surface area contributed by atoms with Gasteiger partial charge >= 0.3 is 0 Å². The molecule has 1 aromatic heterocycles. The van der Waals surface area contributed by atoms with E-state index < -0.39 is 0 Å². The summed E-state index contributed by atoms with van der Waals surface area (Å²) in [6.45, 7) is 0.569. The summed E-state index contributed by atoms with van der Waals surface area (Å²) in [6, 6.07) is 2.31. The average Bonchev–Trinajstić information content (AvgIpc) is 3.07. The zero-order valence-corrected chi connectivity index (χ0v) is 10.5. The van der Waals surface area contributed by atoms with Crippen LogP contribution in [0.4, 0.5) is 4.39 Å². The third kappa shape index (κ3) is 2.80. The fourth-order valence-electron chi connectivity index (χ4n) is 2.39. The molecule has 0 spiro atoms. The van der Waals surface area contributed by atoms with Crippen molar-refractivity contribution in [1.29, 1.82) is 0 Å². The molecule has 1 heterocycles. The van der Waals surface area contributed by atoms with Crippen molar-refractivity contribution in [3.8, 4) is 5.88 Å².